The fraction of sp³-hybridized carbons (Fsp3) is 0.750. The second-order valence-corrected chi connectivity index (χ2v) is 6.27. The maximum atomic E-state index is 10.2. The van der Waals surface area contributed by atoms with E-state index in [1.54, 1.807) is 18.7 Å². The van der Waals surface area contributed by atoms with Crippen LogP contribution in [0.15, 0.2) is 0 Å². The molecule has 1 saturated heterocycles. The quantitative estimate of drug-likeness (QED) is 0.416. The number of nitrogens with two attached hydrogens (primary N) is 1. The smallest absolute Gasteiger partial charge is 0.243 e. The maximum Gasteiger partial charge on any atom is 0.243 e. The number of thioether (sulfide) groups is 1. The number of hydrazine groups is 1. The number of nitrogens with one attached hydrogen (secondary N) is 2. The van der Waals surface area contributed by atoms with Crippen LogP contribution in [0.1, 0.15) is 19.8 Å². The molecule has 1 aliphatic heterocycles. The van der Waals surface area contributed by atoms with Crippen LogP contribution >= 0.6 is 11.8 Å². The standard InChI is InChI=1S/C12H23N7OS/c1-12(20,8-21-2)7-14-9-15-10(18-13)17-11(16-9)19-5-3-4-6-19/h20H,3-8,13H2,1-2H3,(H2,14,15,16,17,18). The number of hydrogen-bond acceptors (Lipinski definition) is 9. The second kappa shape index (κ2) is 7.10. The third-order valence-corrected chi connectivity index (χ3v) is 4.13. The Bertz CT molecular complexity index is 465. The Labute approximate surface area is 128 Å². The molecule has 2 heterocycles. The van der Waals surface area contributed by atoms with Gasteiger partial charge in [-0.25, -0.2) is 5.84 Å². The molecule has 1 aromatic rings. The Morgan fingerprint density at radius 3 is 2.57 bits per heavy atom. The highest BCUT2D eigenvalue weighted by Gasteiger charge is 2.21. The summed E-state index contributed by atoms with van der Waals surface area (Å²) < 4.78 is 0. The van der Waals surface area contributed by atoms with Crippen LogP contribution in [0.3, 0.4) is 0 Å². The zero-order valence-electron chi connectivity index (χ0n) is 12.5. The van der Waals surface area contributed by atoms with Gasteiger partial charge < -0.3 is 15.3 Å². The zero-order chi connectivity index (χ0) is 15.3. The molecule has 21 heavy (non-hydrogen) atoms. The van der Waals surface area contributed by atoms with Crippen LogP contribution in [0.25, 0.3) is 0 Å². The van der Waals surface area contributed by atoms with Crippen molar-refractivity contribution in [3.05, 3.63) is 0 Å². The average molecular weight is 313 g/mol. The lowest BCUT2D eigenvalue weighted by atomic mass is 10.1. The summed E-state index contributed by atoms with van der Waals surface area (Å²) in [6, 6.07) is 0. The molecule has 1 unspecified atom stereocenters. The van der Waals surface area contributed by atoms with Crippen LogP contribution in [-0.4, -0.2) is 57.3 Å². The first-order chi connectivity index (χ1) is 10.0. The summed E-state index contributed by atoms with van der Waals surface area (Å²) in [7, 11) is 0. The van der Waals surface area contributed by atoms with Crippen molar-refractivity contribution in [2.45, 2.75) is 25.4 Å². The molecule has 0 saturated carbocycles. The second-order valence-electron chi connectivity index (χ2n) is 5.40. The van der Waals surface area contributed by atoms with Crippen molar-refractivity contribution < 1.29 is 5.11 Å². The first kappa shape index (κ1) is 16.1. The molecule has 0 amide bonds. The Morgan fingerprint density at radius 1 is 1.29 bits per heavy atom. The highest BCUT2D eigenvalue weighted by Crippen LogP contribution is 2.19. The van der Waals surface area contributed by atoms with Gasteiger partial charge >= 0.3 is 0 Å². The van der Waals surface area contributed by atoms with Crippen molar-refractivity contribution in [2.24, 2.45) is 5.84 Å². The molecular formula is C12H23N7OS. The Kier molecular flexibility index (Phi) is 5.43. The van der Waals surface area contributed by atoms with Gasteiger partial charge in [-0.1, -0.05) is 0 Å². The fourth-order valence-corrected chi connectivity index (χ4v) is 2.92. The summed E-state index contributed by atoms with van der Waals surface area (Å²) in [6.45, 7) is 4.03. The van der Waals surface area contributed by atoms with Crippen LogP contribution in [0, 0.1) is 0 Å². The van der Waals surface area contributed by atoms with E-state index in [2.05, 4.69) is 30.6 Å². The van der Waals surface area contributed by atoms with Crippen LogP contribution in [0.5, 0.6) is 0 Å². The zero-order valence-corrected chi connectivity index (χ0v) is 13.3. The van der Waals surface area contributed by atoms with Gasteiger partial charge in [-0.15, -0.1) is 0 Å². The Balaban J connectivity index is 2.09. The molecule has 8 nitrogen and oxygen atoms in total. The Morgan fingerprint density at radius 2 is 1.95 bits per heavy atom. The molecule has 1 fully saturated rings. The molecule has 0 aromatic carbocycles. The van der Waals surface area contributed by atoms with E-state index in [1.807, 2.05) is 6.26 Å². The number of nitrogens with zero attached hydrogens (tertiary/aromatic N) is 4. The van der Waals surface area contributed by atoms with Crippen LogP contribution < -0.4 is 21.5 Å². The molecule has 1 atom stereocenters. The van der Waals surface area contributed by atoms with Crippen molar-refractivity contribution in [2.75, 3.05) is 47.3 Å². The lowest BCUT2D eigenvalue weighted by molar-refractivity contribution is 0.0995. The maximum absolute atomic E-state index is 10.2. The SMILES string of the molecule is CSCC(C)(O)CNc1nc(NN)nc(N2CCCC2)n1. The van der Waals surface area contributed by atoms with Gasteiger partial charge in [0.15, 0.2) is 0 Å². The lowest BCUT2D eigenvalue weighted by Gasteiger charge is -2.23. The van der Waals surface area contributed by atoms with E-state index in [0.717, 1.165) is 25.9 Å². The predicted octanol–water partition coefficient (Wildman–Crippen LogP) is 0.283. The van der Waals surface area contributed by atoms with Gasteiger partial charge in [-0.2, -0.15) is 26.7 Å². The third-order valence-electron chi connectivity index (χ3n) is 3.22. The van der Waals surface area contributed by atoms with Gasteiger partial charge in [0.25, 0.3) is 0 Å². The van der Waals surface area contributed by atoms with E-state index in [0.29, 0.717) is 30.1 Å². The molecule has 1 aliphatic rings. The topological polar surface area (TPSA) is 112 Å². The van der Waals surface area contributed by atoms with Crippen LogP contribution in [-0.2, 0) is 0 Å². The number of aromatic nitrogens is 3. The van der Waals surface area contributed by atoms with Crippen LogP contribution in [0.4, 0.5) is 17.8 Å². The first-order valence-electron chi connectivity index (χ1n) is 6.97. The van der Waals surface area contributed by atoms with Gasteiger partial charge in [0.05, 0.1) is 5.60 Å². The minimum absolute atomic E-state index is 0.318. The van der Waals surface area contributed by atoms with Crippen molar-refractivity contribution in [1.82, 2.24) is 15.0 Å². The predicted molar refractivity (Wildman–Crippen MR) is 86.6 cm³/mol. The molecule has 2 rings (SSSR count). The van der Waals surface area contributed by atoms with Gasteiger partial charge in [-0.05, 0) is 26.0 Å². The summed E-state index contributed by atoms with van der Waals surface area (Å²) in [5.41, 5.74) is 1.63. The van der Waals surface area contributed by atoms with E-state index in [9.17, 15) is 5.11 Å². The average Bonchev–Trinajstić information content (AvgIpc) is 2.99. The first-order valence-corrected chi connectivity index (χ1v) is 8.36. The lowest BCUT2D eigenvalue weighted by Crippen LogP contribution is -2.36. The van der Waals surface area contributed by atoms with Gasteiger partial charge in [0.1, 0.15) is 0 Å². The van der Waals surface area contributed by atoms with Crippen molar-refractivity contribution in [3.63, 3.8) is 0 Å². The molecule has 5 N–H and O–H groups in total. The summed E-state index contributed by atoms with van der Waals surface area (Å²) in [4.78, 5) is 15.0. The minimum atomic E-state index is -0.823. The van der Waals surface area contributed by atoms with Crippen LogP contribution in [0.2, 0.25) is 0 Å². The molecule has 0 spiro atoms. The number of nitrogen functional groups attached to an aromatic ring is 1. The van der Waals surface area contributed by atoms with Gasteiger partial charge in [0, 0.05) is 25.4 Å². The molecule has 118 valence electrons. The van der Waals surface area contributed by atoms with Crippen molar-refractivity contribution in [3.8, 4) is 0 Å². The third kappa shape index (κ3) is 4.58. The molecule has 0 aliphatic carbocycles. The monoisotopic (exact) mass is 313 g/mol. The fourth-order valence-electron chi connectivity index (χ4n) is 2.20. The van der Waals surface area contributed by atoms with E-state index >= 15 is 0 Å². The van der Waals surface area contributed by atoms with E-state index in [-0.39, 0.29) is 0 Å². The normalized spacial score (nSPS) is 17.6. The Hall–Kier alpha value is -1.32. The summed E-state index contributed by atoms with van der Waals surface area (Å²) in [5.74, 6) is 7.39. The number of rotatable bonds is 7. The number of hydrogen-bond donors (Lipinski definition) is 4. The molecular weight excluding hydrogens is 290 g/mol. The van der Waals surface area contributed by atoms with E-state index in [1.165, 1.54) is 0 Å². The van der Waals surface area contributed by atoms with Crippen molar-refractivity contribution in [1.29, 1.82) is 0 Å². The number of anilines is 3. The largest absolute Gasteiger partial charge is 0.387 e. The van der Waals surface area contributed by atoms with Crippen molar-refractivity contribution >= 4 is 29.6 Å². The van der Waals surface area contributed by atoms with E-state index in [4.69, 9.17) is 5.84 Å². The summed E-state index contributed by atoms with van der Waals surface area (Å²) in [6.07, 6.45) is 4.24. The highest BCUT2D eigenvalue weighted by molar-refractivity contribution is 7.98. The summed E-state index contributed by atoms with van der Waals surface area (Å²) >= 11 is 1.59. The molecule has 9 heteroatoms. The molecule has 0 radical (unpaired) electrons. The summed E-state index contributed by atoms with van der Waals surface area (Å²) in [5, 5.41) is 13.2. The minimum Gasteiger partial charge on any atom is -0.387 e. The molecule has 1 aromatic heterocycles. The molecule has 0 bridgehead atoms. The van der Waals surface area contributed by atoms with Gasteiger partial charge in [-0.3, -0.25) is 5.43 Å². The highest BCUT2D eigenvalue weighted by atomic mass is 32.2. The van der Waals surface area contributed by atoms with Gasteiger partial charge in [0.2, 0.25) is 17.8 Å². The number of aliphatic hydroxyl groups is 1. The van der Waals surface area contributed by atoms with E-state index < -0.39 is 5.60 Å².